The second kappa shape index (κ2) is 14.0. The summed E-state index contributed by atoms with van der Waals surface area (Å²) in [6.07, 6.45) is 3.84. The van der Waals surface area contributed by atoms with Crippen LogP contribution in [0.2, 0.25) is 18.1 Å². The molecule has 0 aliphatic rings. The van der Waals surface area contributed by atoms with Gasteiger partial charge in [-0.15, -0.1) is 6.58 Å². The molecule has 0 saturated heterocycles. The van der Waals surface area contributed by atoms with Gasteiger partial charge in [0.2, 0.25) is 0 Å². The largest absolute Gasteiger partial charge is 0.416 e. The fourth-order valence-corrected chi connectivity index (χ4v) is 4.70. The van der Waals surface area contributed by atoms with E-state index in [1.165, 1.54) is 5.56 Å². The predicted octanol–water partition coefficient (Wildman–Crippen LogP) is 6.50. The highest BCUT2D eigenvalue weighted by Crippen LogP contribution is 2.37. The van der Waals surface area contributed by atoms with Gasteiger partial charge in [-0.3, -0.25) is 0 Å². The minimum absolute atomic E-state index is 0.0397. The highest BCUT2D eigenvalue weighted by atomic mass is 28.4. The molecule has 0 aliphatic carbocycles. The molecule has 0 spiro atoms. The molecule has 188 valence electrons. The molecule has 0 aliphatic heterocycles. The minimum atomic E-state index is -1.87. The summed E-state index contributed by atoms with van der Waals surface area (Å²) in [7, 11) is -1.87. The van der Waals surface area contributed by atoms with Crippen molar-refractivity contribution < 1.29 is 14.3 Å². The smallest absolute Gasteiger partial charge is 0.192 e. The van der Waals surface area contributed by atoms with Crippen LogP contribution in [0.4, 0.5) is 0 Å². The van der Waals surface area contributed by atoms with Crippen LogP contribution in [0.15, 0.2) is 73.3 Å². The Labute approximate surface area is 208 Å². The van der Waals surface area contributed by atoms with Crippen LogP contribution in [0.3, 0.4) is 0 Å². The number of benzene rings is 2. The van der Waals surface area contributed by atoms with Crippen LogP contribution >= 0.6 is 0 Å². The van der Waals surface area contributed by atoms with Crippen molar-refractivity contribution in [1.29, 1.82) is 0 Å². The van der Waals surface area contributed by atoms with E-state index in [-0.39, 0.29) is 29.6 Å². The predicted molar refractivity (Wildman–Crippen MR) is 145 cm³/mol. The molecular weight excluding hydrogens is 438 g/mol. The van der Waals surface area contributed by atoms with Gasteiger partial charge in [-0.2, -0.15) is 0 Å². The van der Waals surface area contributed by atoms with Crippen molar-refractivity contribution >= 4 is 8.32 Å². The Balaban J connectivity index is 2.03. The molecule has 4 nitrogen and oxygen atoms in total. The van der Waals surface area contributed by atoms with E-state index in [1.807, 2.05) is 42.5 Å². The first-order valence-corrected chi connectivity index (χ1v) is 15.4. The maximum absolute atomic E-state index is 10.1. The monoisotopic (exact) mass is 483 g/mol. The third-order valence-electron chi connectivity index (χ3n) is 6.98. The molecule has 0 amide bonds. The lowest BCUT2D eigenvalue weighted by Crippen LogP contribution is -2.46. The Morgan fingerprint density at radius 2 is 1.65 bits per heavy atom. The van der Waals surface area contributed by atoms with Gasteiger partial charge in [0.1, 0.15) is 0 Å². The van der Waals surface area contributed by atoms with Gasteiger partial charge in [-0.25, -0.2) is 0 Å². The Kier molecular flexibility index (Phi) is 11.7. The van der Waals surface area contributed by atoms with Gasteiger partial charge < -0.3 is 19.6 Å². The van der Waals surface area contributed by atoms with Crippen molar-refractivity contribution in [2.45, 2.75) is 70.4 Å². The van der Waals surface area contributed by atoms with Gasteiger partial charge in [0.05, 0.1) is 19.3 Å². The molecule has 34 heavy (non-hydrogen) atoms. The van der Waals surface area contributed by atoms with Crippen molar-refractivity contribution in [2.24, 2.45) is 5.92 Å². The normalized spacial score (nSPS) is 15.0. The van der Waals surface area contributed by atoms with Gasteiger partial charge in [-0.1, -0.05) is 87.5 Å². The van der Waals surface area contributed by atoms with E-state index in [9.17, 15) is 5.11 Å². The zero-order valence-electron chi connectivity index (χ0n) is 21.8. The van der Waals surface area contributed by atoms with Crippen molar-refractivity contribution in [1.82, 2.24) is 5.32 Å². The first kappa shape index (κ1) is 28.5. The van der Waals surface area contributed by atoms with Crippen molar-refractivity contribution in [2.75, 3.05) is 19.8 Å². The molecule has 0 bridgehead atoms. The van der Waals surface area contributed by atoms with Gasteiger partial charge in [-0.05, 0) is 42.1 Å². The lowest BCUT2D eigenvalue weighted by atomic mass is 9.94. The quantitative estimate of drug-likeness (QED) is 0.172. The summed E-state index contributed by atoms with van der Waals surface area (Å²) < 4.78 is 12.5. The number of hydrogen-bond acceptors (Lipinski definition) is 4. The van der Waals surface area contributed by atoms with Gasteiger partial charge in [0.25, 0.3) is 0 Å². The highest BCUT2D eigenvalue weighted by molar-refractivity contribution is 6.74. The number of aliphatic hydroxyl groups excluding tert-OH is 1. The zero-order chi connectivity index (χ0) is 25.0. The molecule has 2 rings (SSSR count). The summed E-state index contributed by atoms with van der Waals surface area (Å²) in [6.45, 7) is 17.5. The van der Waals surface area contributed by atoms with Gasteiger partial charge in [0.15, 0.2) is 8.32 Å². The summed E-state index contributed by atoms with van der Waals surface area (Å²) in [5, 5.41) is 14.0. The number of hydrogen-bond donors (Lipinski definition) is 2. The Morgan fingerprint density at radius 3 is 2.21 bits per heavy atom. The Morgan fingerprint density at radius 1 is 1.03 bits per heavy atom. The van der Waals surface area contributed by atoms with E-state index in [0.717, 1.165) is 18.4 Å². The molecule has 2 aromatic rings. The van der Waals surface area contributed by atoms with E-state index in [0.29, 0.717) is 19.8 Å². The summed E-state index contributed by atoms with van der Waals surface area (Å²) in [4.78, 5) is 0. The minimum Gasteiger partial charge on any atom is -0.416 e. The van der Waals surface area contributed by atoms with Crippen LogP contribution in [0.5, 0.6) is 0 Å². The molecule has 0 saturated carbocycles. The molecule has 2 N–H and O–H groups in total. The van der Waals surface area contributed by atoms with E-state index >= 15 is 0 Å². The fourth-order valence-electron chi connectivity index (χ4n) is 3.66. The molecule has 0 aromatic heterocycles. The molecule has 0 heterocycles. The highest BCUT2D eigenvalue weighted by Gasteiger charge is 2.38. The van der Waals surface area contributed by atoms with E-state index in [1.54, 1.807) is 0 Å². The molecule has 5 heteroatoms. The van der Waals surface area contributed by atoms with Crippen molar-refractivity contribution in [3.8, 4) is 0 Å². The molecule has 0 unspecified atom stereocenters. The van der Waals surface area contributed by atoms with Crippen LogP contribution in [0.25, 0.3) is 0 Å². The summed E-state index contributed by atoms with van der Waals surface area (Å²) >= 11 is 0. The fraction of sp³-hybridized carbons (Fsp3) is 0.517. The molecule has 2 aromatic carbocycles. The maximum atomic E-state index is 10.1. The van der Waals surface area contributed by atoms with Crippen molar-refractivity contribution in [3.05, 3.63) is 84.4 Å². The lowest BCUT2D eigenvalue weighted by molar-refractivity contribution is 0.109. The van der Waals surface area contributed by atoms with Crippen LogP contribution in [0, 0.1) is 5.92 Å². The van der Waals surface area contributed by atoms with Crippen LogP contribution < -0.4 is 5.32 Å². The van der Waals surface area contributed by atoms with E-state index in [2.05, 4.69) is 70.0 Å². The number of ether oxygens (including phenoxy) is 1. The second-order valence-corrected chi connectivity index (χ2v) is 15.4. The number of rotatable bonds is 15. The summed E-state index contributed by atoms with van der Waals surface area (Å²) in [5.74, 6) is 0.140. The third kappa shape index (κ3) is 9.12. The van der Waals surface area contributed by atoms with E-state index in [4.69, 9.17) is 9.16 Å². The zero-order valence-corrected chi connectivity index (χ0v) is 22.8. The van der Waals surface area contributed by atoms with Crippen molar-refractivity contribution in [3.63, 3.8) is 0 Å². The Hall–Kier alpha value is -1.76. The molecular formula is C29H45NO3Si. The van der Waals surface area contributed by atoms with E-state index < -0.39 is 8.32 Å². The molecule has 0 fully saturated rings. The number of aliphatic hydroxyl groups is 1. The first-order chi connectivity index (χ1) is 16.2. The standard InChI is InChI=1S/C29H45NO3Si/c1-7-25(23-33-34(5,6)29(2,3)4)27(30-28(21-31)26-17-12-9-13-18-26)19-14-20-32-22-24-15-10-8-11-16-24/h7-13,15-18,25,27-28,30-31H,1,14,19-23H2,2-6H3/t25-,27+,28+/m1/s1. The summed E-state index contributed by atoms with van der Waals surface area (Å²) in [6, 6.07) is 20.4. The van der Waals surface area contributed by atoms with Gasteiger partial charge >= 0.3 is 0 Å². The summed E-state index contributed by atoms with van der Waals surface area (Å²) in [5.41, 5.74) is 2.27. The lowest BCUT2D eigenvalue weighted by Gasteiger charge is -2.38. The maximum Gasteiger partial charge on any atom is 0.192 e. The second-order valence-electron chi connectivity index (χ2n) is 10.6. The SMILES string of the molecule is C=C[C@H](CO[Si](C)(C)C(C)(C)C)[C@H](CCCOCc1ccccc1)N[C@@H](CO)c1ccccc1. The van der Waals surface area contributed by atoms with Crippen LogP contribution in [0.1, 0.15) is 50.8 Å². The Bertz CT molecular complexity index is 820. The molecule has 3 atom stereocenters. The average molecular weight is 484 g/mol. The third-order valence-corrected chi connectivity index (χ3v) is 11.5. The number of nitrogens with one attached hydrogen (secondary N) is 1. The topological polar surface area (TPSA) is 50.7 Å². The average Bonchev–Trinajstić information content (AvgIpc) is 2.82. The first-order valence-electron chi connectivity index (χ1n) is 12.5. The van der Waals surface area contributed by atoms with Gasteiger partial charge in [0, 0.05) is 25.2 Å². The molecule has 0 radical (unpaired) electrons. The van der Waals surface area contributed by atoms with Crippen LogP contribution in [-0.2, 0) is 15.8 Å². The van der Waals surface area contributed by atoms with Crippen LogP contribution in [-0.4, -0.2) is 39.3 Å².